The number of aliphatic hydroxyl groups is 1. The Balaban J connectivity index is 3.18. The van der Waals surface area contributed by atoms with Gasteiger partial charge in [0.15, 0.2) is 0 Å². The van der Waals surface area contributed by atoms with E-state index in [1.54, 1.807) is 0 Å². The summed E-state index contributed by atoms with van der Waals surface area (Å²) < 4.78 is 40.5. The van der Waals surface area contributed by atoms with Gasteiger partial charge in [0.25, 0.3) is 0 Å². The van der Waals surface area contributed by atoms with Crippen LogP contribution >= 0.6 is 0 Å². The van der Waals surface area contributed by atoms with Gasteiger partial charge in [0.1, 0.15) is 5.82 Å². The SMILES string of the molecule is CCC(CC)NS(=O)(=O)c1cc(C)c(F)c(CO)c1. The lowest BCUT2D eigenvalue weighted by atomic mass is 10.1. The van der Waals surface area contributed by atoms with E-state index in [4.69, 9.17) is 5.11 Å². The van der Waals surface area contributed by atoms with Crippen molar-refractivity contribution in [1.82, 2.24) is 4.72 Å². The predicted molar refractivity (Wildman–Crippen MR) is 71.8 cm³/mol. The summed E-state index contributed by atoms with van der Waals surface area (Å²) in [6.45, 7) is 4.74. The second kappa shape index (κ2) is 6.45. The number of benzene rings is 1. The molecule has 0 radical (unpaired) electrons. The molecule has 0 unspecified atom stereocenters. The highest BCUT2D eigenvalue weighted by molar-refractivity contribution is 7.89. The molecular formula is C13H20FNO3S. The van der Waals surface area contributed by atoms with Crippen LogP contribution in [0.4, 0.5) is 4.39 Å². The maximum Gasteiger partial charge on any atom is 0.240 e. The summed E-state index contributed by atoms with van der Waals surface area (Å²) in [6, 6.07) is 2.31. The van der Waals surface area contributed by atoms with Crippen LogP contribution in [0.5, 0.6) is 0 Å². The molecule has 0 saturated heterocycles. The van der Waals surface area contributed by atoms with E-state index in [2.05, 4.69) is 4.72 Å². The highest BCUT2D eigenvalue weighted by Gasteiger charge is 2.20. The Morgan fingerprint density at radius 3 is 2.37 bits per heavy atom. The van der Waals surface area contributed by atoms with Crippen molar-refractivity contribution in [2.24, 2.45) is 0 Å². The largest absolute Gasteiger partial charge is 0.392 e. The number of hydrogen-bond donors (Lipinski definition) is 2. The van der Waals surface area contributed by atoms with Gasteiger partial charge in [-0.05, 0) is 37.5 Å². The molecule has 1 aromatic carbocycles. The molecule has 0 saturated carbocycles. The highest BCUT2D eigenvalue weighted by atomic mass is 32.2. The van der Waals surface area contributed by atoms with Crippen molar-refractivity contribution >= 4 is 10.0 Å². The first-order valence-corrected chi connectivity index (χ1v) is 7.76. The van der Waals surface area contributed by atoms with E-state index in [-0.39, 0.29) is 22.1 Å². The molecule has 0 heterocycles. The van der Waals surface area contributed by atoms with E-state index in [0.29, 0.717) is 12.8 Å². The van der Waals surface area contributed by atoms with Crippen molar-refractivity contribution in [3.8, 4) is 0 Å². The van der Waals surface area contributed by atoms with Crippen molar-refractivity contribution in [3.05, 3.63) is 29.1 Å². The molecule has 0 aliphatic rings. The summed E-state index contributed by atoms with van der Waals surface area (Å²) in [5.74, 6) is -0.566. The van der Waals surface area contributed by atoms with Crippen LogP contribution in [0.3, 0.4) is 0 Å². The third-order valence-electron chi connectivity index (χ3n) is 3.09. The number of nitrogens with one attached hydrogen (secondary N) is 1. The van der Waals surface area contributed by atoms with Crippen LogP contribution < -0.4 is 4.72 Å². The summed E-state index contributed by atoms with van der Waals surface area (Å²) in [6.07, 6.45) is 1.37. The number of halogens is 1. The van der Waals surface area contributed by atoms with Gasteiger partial charge in [-0.1, -0.05) is 13.8 Å². The Morgan fingerprint density at radius 1 is 1.32 bits per heavy atom. The Morgan fingerprint density at radius 2 is 1.89 bits per heavy atom. The summed E-state index contributed by atoms with van der Waals surface area (Å²) >= 11 is 0. The zero-order chi connectivity index (χ0) is 14.6. The van der Waals surface area contributed by atoms with Crippen LogP contribution in [-0.2, 0) is 16.6 Å². The lowest BCUT2D eigenvalue weighted by molar-refractivity contribution is 0.275. The maximum atomic E-state index is 13.6. The molecule has 0 atom stereocenters. The zero-order valence-corrected chi connectivity index (χ0v) is 12.2. The quantitative estimate of drug-likeness (QED) is 0.842. The van der Waals surface area contributed by atoms with Crippen LogP contribution in [0.25, 0.3) is 0 Å². The van der Waals surface area contributed by atoms with E-state index in [9.17, 15) is 12.8 Å². The van der Waals surface area contributed by atoms with Gasteiger partial charge >= 0.3 is 0 Å². The van der Waals surface area contributed by atoms with Gasteiger partial charge in [-0.25, -0.2) is 17.5 Å². The molecule has 6 heteroatoms. The van der Waals surface area contributed by atoms with E-state index < -0.39 is 22.4 Å². The highest BCUT2D eigenvalue weighted by Crippen LogP contribution is 2.20. The normalized spacial score (nSPS) is 12.1. The van der Waals surface area contributed by atoms with Crippen LogP contribution in [0.2, 0.25) is 0 Å². The molecule has 0 bridgehead atoms. The van der Waals surface area contributed by atoms with Gasteiger partial charge in [0.2, 0.25) is 10.0 Å². The molecule has 1 rings (SSSR count). The molecule has 0 aliphatic carbocycles. The third kappa shape index (κ3) is 3.75. The van der Waals surface area contributed by atoms with Crippen molar-refractivity contribution in [1.29, 1.82) is 0 Å². The first kappa shape index (κ1) is 16.1. The van der Waals surface area contributed by atoms with Crippen molar-refractivity contribution in [2.75, 3.05) is 0 Å². The van der Waals surface area contributed by atoms with Gasteiger partial charge in [-0.15, -0.1) is 0 Å². The van der Waals surface area contributed by atoms with E-state index in [1.807, 2.05) is 13.8 Å². The smallest absolute Gasteiger partial charge is 0.240 e. The summed E-state index contributed by atoms with van der Waals surface area (Å²) in [5.41, 5.74) is 0.196. The fourth-order valence-electron chi connectivity index (χ4n) is 1.82. The van der Waals surface area contributed by atoms with E-state index in [1.165, 1.54) is 19.1 Å². The monoisotopic (exact) mass is 289 g/mol. The van der Waals surface area contributed by atoms with Crippen molar-refractivity contribution in [2.45, 2.75) is 51.2 Å². The Kier molecular flexibility index (Phi) is 5.46. The van der Waals surface area contributed by atoms with Gasteiger partial charge in [-0.3, -0.25) is 0 Å². The Bertz CT molecular complexity index is 539. The van der Waals surface area contributed by atoms with Gasteiger partial charge in [-0.2, -0.15) is 0 Å². The number of hydrogen-bond acceptors (Lipinski definition) is 3. The van der Waals surface area contributed by atoms with Gasteiger partial charge in [0, 0.05) is 11.6 Å². The Labute approximate surface area is 113 Å². The number of aliphatic hydroxyl groups excluding tert-OH is 1. The molecule has 4 nitrogen and oxygen atoms in total. The number of aryl methyl sites for hydroxylation is 1. The fourth-order valence-corrected chi connectivity index (χ4v) is 3.36. The first-order valence-electron chi connectivity index (χ1n) is 6.27. The van der Waals surface area contributed by atoms with E-state index in [0.717, 1.165) is 0 Å². The van der Waals surface area contributed by atoms with E-state index >= 15 is 0 Å². The number of sulfonamides is 1. The molecule has 0 aromatic heterocycles. The number of rotatable bonds is 6. The molecular weight excluding hydrogens is 269 g/mol. The molecule has 19 heavy (non-hydrogen) atoms. The Hall–Kier alpha value is -0.980. The fraction of sp³-hybridized carbons (Fsp3) is 0.538. The average molecular weight is 289 g/mol. The summed E-state index contributed by atoms with van der Waals surface area (Å²) in [4.78, 5) is -0.0117. The molecule has 1 aromatic rings. The minimum Gasteiger partial charge on any atom is -0.392 e. The maximum absolute atomic E-state index is 13.6. The standard InChI is InChI=1S/C13H20FNO3S/c1-4-11(5-2)15-19(17,18)12-6-9(3)13(14)10(7-12)8-16/h6-7,11,15-16H,4-5,8H2,1-3H3. The second-order valence-corrected chi connectivity index (χ2v) is 6.22. The zero-order valence-electron chi connectivity index (χ0n) is 11.4. The predicted octanol–water partition coefficient (Wildman–Crippen LogP) is 2.09. The molecule has 0 fully saturated rings. The van der Waals surface area contributed by atoms with Crippen LogP contribution in [0.15, 0.2) is 17.0 Å². The average Bonchev–Trinajstić information content (AvgIpc) is 2.38. The minimum absolute atomic E-state index is 0.00933. The second-order valence-electron chi connectivity index (χ2n) is 4.51. The molecule has 0 aliphatic heterocycles. The van der Waals surface area contributed by atoms with Gasteiger partial charge < -0.3 is 5.11 Å². The van der Waals surface area contributed by atoms with Gasteiger partial charge in [0.05, 0.1) is 11.5 Å². The lowest BCUT2D eigenvalue weighted by Crippen LogP contribution is -2.34. The molecule has 2 N–H and O–H groups in total. The van der Waals surface area contributed by atoms with Crippen molar-refractivity contribution in [3.63, 3.8) is 0 Å². The summed E-state index contributed by atoms with van der Waals surface area (Å²) in [7, 11) is -3.68. The molecule has 0 spiro atoms. The molecule has 0 amide bonds. The topological polar surface area (TPSA) is 66.4 Å². The first-order chi connectivity index (χ1) is 8.85. The summed E-state index contributed by atoms with van der Waals surface area (Å²) in [5, 5.41) is 9.05. The van der Waals surface area contributed by atoms with Crippen LogP contribution in [0.1, 0.15) is 37.8 Å². The third-order valence-corrected chi connectivity index (χ3v) is 4.59. The molecule has 108 valence electrons. The van der Waals surface area contributed by atoms with Crippen molar-refractivity contribution < 1.29 is 17.9 Å². The van der Waals surface area contributed by atoms with Crippen LogP contribution in [0, 0.1) is 12.7 Å². The lowest BCUT2D eigenvalue weighted by Gasteiger charge is -2.16. The van der Waals surface area contributed by atoms with Crippen LogP contribution in [-0.4, -0.2) is 19.6 Å². The minimum atomic E-state index is -3.68.